The molecule has 4 aliphatic heterocycles. The third-order valence-electron chi connectivity index (χ3n) is 12.4. The average Bonchev–Trinajstić information content (AvgIpc) is 4.15. The van der Waals surface area contributed by atoms with Gasteiger partial charge in [0.25, 0.3) is 5.69 Å². The van der Waals surface area contributed by atoms with Crippen LogP contribution >= 0.6 is 23.2 Å². The molecule has 2 unspecified atom stereocenters. The number of methoxy groups -OCH3 is 2. The minimum Gasteiger partial charge on any atom is -0.443 e. The number of alkyl carbamates (subject to hydrolysis) is 1. The molecule has 1 aromatic rings. The summed E-state index contributed by atoms with van der Waals surface area (Å²) in [7, 11) is 3.24. The van der Waals surface area contributed by atoms with Gasteiger partial charge in [-0.15, -0.1) is 23.2 Å². The fourth-order valence-electron chi connectivity index (χ4n) is 9.10. The van der Waals surface area contributed by atoms with Gasteiger partial charge in [-0.1, -0.05) is 52.0 Å². The summed E-state index contributed by atoms with van der Waals surface area (Å²) in [5.74, 6) is 0.939. The molecule has 12 atom stereocenters. The number of hydrogen-bond acceptors (Lipinski definition) is 16. The van der Waals surface area contributed by atoms with Crippen molar-refractivity contribution in [3.8, 4) is 5.75 Å². The topological polar surface area (TPSA) is 252 Å². The lowest BCUT2D eigenvalue weighted by Gasteiger charge is -2.42. The van der Waals surface area contributed by atoms with E-state index in [9.17, 15) is 19.7 Å². The SMILES string of the molecule is CO[C@H]1C([C@]2(C)O[C@@H]2/C=C/C(C)C)[C@]2(CC[C@H]1OC(=O)NCCO)CO2.CO[C@H]1C([C@]2(C)O[C@@H]2/C=C/C(C)C)[C@]2(CC[C@H]1OC(=O)Oc1ccc([N+](=O)[O-])cc1)CO2.ClCCl.NCCO. The van der Waals surface area contributed by atoms with E-state index in [-0.39, 0.29) is 89.6 Å². The highest BCUT2D eigenvalue weighted by molar-refractivity contribution is 6.40. The molecule has 20 heteroatoms. The van der Waals surface area contributed by atoms with Crippen LogP contribution in [0.15, 0.2) is 48.6 Å². The number of non-ortho nitro benzene ring substituents is 1. The third kappa shape index (κ3) is 14.2. The van der Waals surface area contributed by atoms with Gasteiger partial charge in [0.2, 0.25) is 0 Å². The summed E-state index contributed by atoms with van der Waals surface area (Å²) in [4.78, 5) is 34.6. The van der Waals surface area contributed by atoms with Crippen molar-refractivity contribution in [1.82, 2.24) is 5.32 Å². The Hall–Kier alpha value is -3.14. The molecule has 18 nitrogen and oxygen atoms in total. The smallest absolute Gasteiger partial charge is 0.443 e. The molecule has 368 valence electrons. The Morgan fingerprint density at radius 2 is 1.29 bits per heavy atom. The first-order valence-corrected chi connectivity index (χ1v) is 23.1. The molecule has 4 heterocycles. The van der Waals surface area contributed by atoms with Gasteiger partial charge in [-0.3, -0.25) is 10.1 Å². The van der Waals surface area contributed by atoms with Crippen LogP contribution in [-0.2, 0) is 37.9 Å². The van der Waals surface area contributed by atoms with Crippen LogP contribution in [0, 0.1) is 33.8 Å². The number of benzene rings is 1. The van der Waals surface area contributed by atoms with Crippen molar-refractivity contribution in [3.63, 3.8) is 0 Å². The molecule has 0 bridgehead atoms. The maximum Gasteiger partial charge on any atom is 0.514 e. The third-order valence-corrected chi connectivity index (χ3v) is 12.4. The van der Waals surface area contributed by atoms with Gasteiger partial charge in [-0.05, 0) is 63.5 Å². The number of nitrogens with zero attached hydrogens (tertiary/aromatic N) is 1. The minimum absolute atomic E-state index is 0.00814. The second-order valence-electron chi connectivity index (χ2n) is 17.8. The molecule has 7 rings (SSSR count). The van der Waals surface area contributed by atoms with E-state index in [4.69, 9.17) is 81.8 Å². The van der Waals surface area contributed by atoms with Gasteiger partial charge in [0.15, 0.2) is 0 Å². The highest BCUT2D eigenvalue weighted by Crippen LogP contribution is 2.60. The first-order chi connectivity index (χ1) is 30.9. The largest absolute Gasteiger partial charge is 0.514 e. The van der Waals surface area contributed by atoms with E-state index in [1.54, 1.807) is 14.2 Å². The molecule has 4 saturated heterocycles. The molecule has 1 amide bonds. The van der Waals surface area contributed by atoms with E-state index in [1.165, 1.54) is 24.3 Å². The summed E-state index contributed by atoms with van der Waals surface area (Å²) < 4.78 is 52.0. The van der Waals surface area contributed by atoms with E-state index in [0.717, 1.165) is 12.8 Å². The number of ether oxygens (including phenoxy) is 9. The summed E-state index contributed by atoms with van der Waals surface area (Å²) in [5.41, 5.74) is 3.28. The number of carbonyl (C=O) groups excluding carboxylic acids is 2. The van der Waals surface area contributed by atoms with Gasteiger partial charge in [0.1, 0.15) is 64.8 Å². The van der Waals surface area contributed by atoms with E-state index >= 15 is 0 Å². The van der Waals surface area contributed by atoms with Crippen molar-refractivity contribution in [1.29, 1.82) is 0 Å². The van der Waals surface area contributed by atoms with Gasteiger partial charge in [0.05, 0.1) is 48.5 Å². The zero-order chi connectivity index (χ0) is 48.2. The molecule has 5 N–H and O–H groups in total. The number of epoxide rings is 4. The predicted molar refractivity (Wildman–Crippen MR) is 241 cm³/mol. The average molecular weight is 963 g/mol. The second-order valence-corrected chi connectivity index (χ2v) is 18.6. The number of nitrogens with one attached hydrogen (secondary N) is 1. The van der Waals surface area contributed by atoms with Crippen molar-refractivity contribution in [2.75, 3.05) is 59.1 Å². The number of nitro groups is 1. The first-order valence-electron chi connectivity index (χ1n) is 22.0. The predicted octanol–water partition coefficient (Wildman–Crippen LogP) is 6.04. The Balaban J connectivity index is 0.000000253. The molecule has 6 aliphatic rings. The zero-order valence-corrected chi connectivity index (χ0v) is 40.2. The lowest BCUT2D eigenvalue weighted by Crippen LogP contribution is -2.56. The highest BCUT2D eigenvalue weighted by Gasteiger charge is 2.73. The number of nitrogens with two attached hydrogens (primary N) is 1. The molecule has 65 heavy (non-hydrogen) atoms. The minimum atomic E-state index is -0.879. The monoisotopic (exact) mass is 961 g/mol. The van der Waals surface area contributed by atoms with Crippen molar-refractivity contribution in [3.05, 3.63) is 58.7 Å². The number of alkyl halides is 2. The molecular weight excluding hydrogens is 893 g/mol. The summed E-state index contributed by atoms with van der Waals surface area (Å²) in [6.45, 7) is 14.5. The van der Waals surface area contributed by atoms with Crippen LogP contribution in [0.2, 0.25) is 0 Å². The molecule has 0 aromatic heterocycles. The van der Waals surface area contributed by atoms with Crippen LogP contribution in [0.1, 0.15) is 67.2 Å². The summed E-state index contributed by atoms with van der Waals surface area (Å²) in [6.07, 6.45) is 8.24. The summed E-state index contributed by atoms with van der Waals surface area (Å²) in [6, 6.07) is 5.24. The zero-order valence-electron chi connectivity index (χ0n) is 38.7. The Morgan fingerprint density at radius 1 is 0.862 bits per heavy atom. The number of rotatable bonds is 15. The number of aliphatic hydroxyl groups is 2. The molecule has 1 aromatic carbocycles. The molecule has 2 aliphatic carbocycles. The number of allylic oxidation sites excluding steroid dienone is 2. The highest BCUT2D eigenvalue weighted by atomic mass is 35.5. The van der Waals surface area contributed by atoms with Crippen molar-refractivity contribution >= 4 is 41.1 Å². The molecule has 2 spiro atoms. The van der Waals surface area contributed by atoms with Crippen LogP contribution in [0.25, 0.3) is 0 Å². The normalized spacial score (nSPS) is 35.0. The molecule has 2 saturated carbocycles. The van der Waals surface area contributed by atoms with E-state index in [1.807, 2.05) is 0 Å². The Kier molecular flexibility index (Phi) is 20.3. The fourth-order valence-corrected chi connectivity index (χ4v) is 9.10. The van der Waals surface area contributed by atoms with Crippen LogP contribution in [0.5, 0.6) is 5.75 Å². The van der Waals surface area contributed by atoms with Gasteiger partial charge in [-0.25, -0.2) is 9.59 Å². The number of carbonyl (C=O) groups is 2. The fraction of sp³-hybridized carbons (Fsp3) is 0.733. The number of hydrogen-bond donors (Lipinski definition) is 4. The maximum atomic E-state index is 12.4. The van der Waals surface area contributed by atoms with E-state index in [2.05, 4.69) is 71.2 Å². The van der Waals surface area contributed by atoms with Gasteiger partial charge in [-0.2, -0.15) is 0 Å². The molecular formula is C45H69Cl2N3O15. The Labute approximate surface area is 391 Å². The van der Waals surface area contributed by atoms with Crippen LogP contribution < -0.4 is 15.8 Å². The van der Waals surface area contributed by atoms with Crippen molar-refractivity contribution < 1.29 is 67.4 Å². The van der Waals surface area contributed by atoms with E-state index in [0.29, 0.717) is 44.4 Å². The van der Waals surface area contributed by atoms with Crippen molar-refractivity contribution in [2.45, 2.75) is 126 Å². The summed E-state index contributed by atoms with van der Waals surface area (Å²) in [5, 5.41) is 30.1. The Bertz CT molecular complexity index is 1740. The van der Waals surface area contributed by atoms with E-state index < -0.39 is 35.0 Å². The van der Waals surface area contributed by atoms with Gasteiger partial charge >= 0.3 is 12.2 Å². The van der Waals surface area contributed by atoms with Crippen LogP contribution in [-0.4, -0.2) is 145 Å². The van der Waals surface area contributed by atoms with Crippen LogP contribution in [0.4, 0.5) is 15.3 Å². The lowest BCUT2D eigenvalue weighted by atomic mass is 9.68. The molecule has 0 radical (unpaired) electrons. The number of halogens is 2. The Morgan fingerprint density at radius 3 is 1.65 bits per heavy atom. The quantitative estimate of drug-likeness (QED) is 0.0297. The first kappa shape index (κ1) is 54.5. The van der Waals surface area contributed by atoms with Gasteiger partial charge < -0.3 is 63.9 Å². The number of amides is 1. The second kappa shape index (κ2) is 24.2. The van der Waals surface area contributed by atoms with Gasteiger partial charge in [0, 0.05) is 39.4 Å². The molecule has 6 fully saturated rings. The van der Waals surface area contributed by atoms with Crippen LogP contribution in [0.3, 0.4) is 0 Å². The standard InChI is InChI=1S/C23H29NO8.C19H31NO6.C2H7NO.CH2Cl2/c1-14(2)5-10-18-22(3,32-18)20-19(28-4)17(11-12-23(20)13-29-23)31-21(25)30-16-8-6-15(7-9-16)24(26)27;1-12(2)5-6-14-18(3,26-14)16-15(23-4)13(7-8-19(16)11-24-19)25-17(22)20-9-10-21;3-1-2-4;2-1-3/h5-10,14,17-20H,11-13H2,1-4H3;5-6,12-16,21H,7-11H2,1-4H3,(H,20,22);4H,1-3H2;1H2/b10-5+;6-5+;;/t17-,18-,19-,20?,22-,23+;13-,14-,15-,16?,18-,19+;;/m11../s1. The number of nitro benzene ring substituents is 1. The lowest BCUT2D eigenvalue weighted by molar-refractivity contribution is -0.384. The van der Waals surface area contributed by atoms with Crippen molar-refractivity contribution in [2.24, 2.45) is 29.4 Å². The number of aliphatic hydroxyl groups excluding tert-OH is 2. The summed E-state index contributed by atoms with van der Waals surface area (Å²) >= 11 is 9.53. The maximum absolute atomic E-state index is 12.4.